The molecule has 27 heavy (non-hydrogen) atoms. The summed E-state index contributed by atoms with van der Waals surface area (Å²) in [4.78, 5) is 12.6. The van der Waals surface area contributed by atoms with Crippen LogP contribution in [0.3, 0.4) is 0 Å². The predicted octanol–water partition coefficient (Wildman–Crippen LogP) is 4.50. The minimum atomic E-state index is -0.0136. The fourth-order valence-corrected chi connectivity index (χ4v) is 5.73. The van der Waals surface area contributed by atoms with Crippen molar-refractivity contribution in [3.8, 4) is 0 Å². The van der Waals surface area contributed by atoms with E-state index in [-0.39, 0.29) is 23.4 Å². The number of carbonyl (C=O) groups is 1. The number of ether oxygens (including phenoxy) is 1. The molecule has 1 saturated heterocycles. The summed E-state index contributed by atoms with van der Waals surface area (Å²) in [6.07, 6.45) is 9.45. The number of esters is 1. The summed E-state index contributed by atoms with van der Waals surface area (Å²) in [6, 6.07) is 4.29. The average Bonchev–Trinajstić information content (AvgIpc) is 3.23. The molecule has 3 aliphatic rings. The third-order valence-corrected chi connectivity index (χ3v) is 7.41. The van der Waals surface area contributed by atoms with E-state index in [2.05, 4.69) is 25.7 Å². The summed E-state index contributed by atoms with van der Waals surface area (Å²) in [7, 11) is 0. The van der Waals surface area contributed by atoms with Gasteiger partial charge in [0, 0.05) is 24.9 Å². The number of aryl methyl sites for hydroxylation is 1. The number of hydrogen-bond acceptors (Lipinski definition) is 4. The number of hydrogen-bond donors (Lipinski definition) is 1. The van der Waals surface area contributed by atoms with Gasteiger partial charge in [0.15, 0.2) is 0 Å². The van der Waals surface area contributed by atoms with Gasteiger partial charge in [-0.2, -0.15) is 0 Å². The molecule has 0 amide bonds. The van der Waals surface area contributed by atoms with Gasteiger partial charge < -0.3 is 14.5 Å². The maximum atomic E-state index is 12.6. The van der Waals surface area contributed by atoms with Gasteiger partial charge in [-0.1, -0.05) is 19.1 Å². The molecule has 148 valence electrons. The second-order valence-electron chi connectivity index (χ2n) is 9.33. The molecule has 6 atom stereocenters. The second kappa shape index (κ2) is 7.46. The lowest BCUT2D eigenvalue weighted by Gasteiger charge is -2.50. The molecule has 4 heteroatoms. The highest BCUT2D eigenvalue weighted by Gasteiger charge is 2.54. The van der Waals surface area contributed by atoms with E-state index in [0.29, 0.717) is 17.9 Å². The van der Waals surface area contributed by atoms with Crippen LogP contribution >= 0.6 is 0 Å². The van der Waals surface area contributed by atoms with Gasteiger partial charge in [-0.15, -0.1) is 0 Å². The van der Waals surface area contributed by atoms with Crippen molar-refractivity contribution in [3.05, 3.63) is 36.3 Å². The maximum Gasteiger partial charge on any atom is 0.310 e. The predicted molar refractivity (Wildman–Crippen MR) is 105 cm³/mol. The number of nitrogens with one attached hydrogen (secondary N) is 1. The Morgan fingerprint density at radius 3 is 3.07 bits per heavy atom. The normalized spacial score (nSPS) is 36.8. The maximum absolute atomic E-state index is 12.6. The van der Waals surface area contributed by atoms with Gasteiger partial charge in [0.2, 0.25) is 0 Å². The van der Waals surface area contributed by atoms with Crippen LogP contribution in [0, 0.1) is 23.2 Å². The van der Waals surface area contributed by atoms with Crippen LogP contribution in [0.15, 0.2) is 35.0 Å². The smallest absolute Gasteiger partial charge is 0.310 e. The molecule has 0 spiro atoms. The van der Waals surface area contributed by atoms with Crippen molar-refractivity contribution in [2.75, 3.05) is 6.54 Å². The largest absolute Gasteiger partial charge is 0.469 e. The van der Waals surface area contributed by atoms with Crippen molar-refractivity contribution in [3.63, 3.8) is 0 Å². The van der Waals surface area contributed by atoms with E-state index >= 15 is 0 Å². The number of allylic oxidation sites excluding steroid dienone is 1. The molecule has 0 aromatic carbocycles. The van der Waals surface area contributed by atoms with Gasteiger partial charge in [-0.05, 0) is 68.9 Å². The number of fused-ring (bicyclic) bond motifs is 2. The Morgan fingerprint density at radius 1 is 1.44 bits per heavy atom. The molecule has 1 aliphatic heterocycles. The van der Waals surface area contributed by atoms with Crippen LogP contribution < -0.4 is 5.32 Å². The van der Waals surface area contributed by atoms with E-state index in [1.54, 1.807) is 6.26 Å². The minimum Gasteiger partial charge on any atom is -0.469 e. The van der Waals surface area contributed by atoms with Crippen molar-refractivity contribution in [2.45, 2.75) is 70.9 Å². The van der Waals surface area contributed by atoms with Crippen LogP contribution in [-0.2, 0) is 16.0 Å². The quantitative estimate of drug-likeness (QED) is 0.591. The van der Waals surface area contributed by atoms with E-state index in [4.69, 9.17) is 9.15 Å². The summed E-state index contributed by atoms with van der Waals surface area (Å²) in [5, 5.41) is 3.58. The van der Waals surface area contributed by atoms with Crippen molar-refractivity contribution in [2.24, 2.45) is 23.2 Å². The number of carbonyl (C=O) groups excluding carboxylic acids is 1. The Hall–Kier alpha value is -1.55. The zero-order chi connectivity index (χ0) is 19.0. The van der Waals surface area contributed by atoms with Crippen LogP contribution in [0.5, 0.6) is 0 Å². The van der Waals surface area contributed by atoms with Crippen LogP contribution in [0.1, 0.15) is 58.1 Å². The third-order valence-electron chi connectivity index (χ3n) is 7.41. The summed E-state index contributed by atoms with van der Waals surface area (Å²) >= 11 is 0. The van der Waals surface area contributed by atoms with Crippen molar-refractivity contribution < 1.29 is 13.9 Å². The SMILES string of the molecule is C=C1CCC[C@]2(C)C[C@H]3OC(=O)[C@H](CN[C@H](C)CCc4ccco4)[C@@H]3C[C@H]12. The molecule has 1 aromatic rings. The van der Waals surface area contributed by atoms with Gasteiger partial charge in [0.05, 0.1) is 12.2 Å². The standard InChI is InChI=1S/C23H33NO3/c1-15-6-4-10-23(3)13-21-18(12-20(15)23)19(22(25)27-21)14-24-16(2)8-9-17-7-5-11-26-17/h5,7,11,16,18-21,24H,1,4,6,8-10,12-14H2,2-3H3/t16-,18+,19-,20-,21-,23-/m1/s1. The molecule has 4 nitrogen and oxygen atoms in total. The van der Waals surface area contributed by atoms with Crippen LogP contribution in [0.4, 0.5) is 0 Å². The highest BCUT2D eigenvalue weighted by Crippen LogP contribution is 2.56. The molecule has 2 heterocycles. The molecule has 0 bridgehead atoms. The topological polar surface area (TPSA) is 51.5 Å². The Morgan fingerprint density at radius 2 is 2.30 bits per heavy atom. The first kappa shape index (κ1) is 18.8. The first-order valence-corrected chi connectivity index (χ1v) is 10.6. The van der Waals surface area contributed by atoms with Gasteiger partial charge in [-0.25, -0.2) is 0 Å². The molecular formula is C23H33NO3. The van der Waals surface area contributed by atoms with Gasteiger partial charge in [-0.3, -0.25) is 4.79 Å². The molecule has 0 radical (unpaired) electrons. The number of furan rings is 1. The van der Waals surface area contributed by atoms with E-state index in [1.165, 1.54) is 18.4 Å². The molecule has 3 fully saturated rings. The second-order valence-corrected chi connectivity index (χ2v) is 9.33. The lowest BCUT2D eigenvalue weighted by molar-refractivity contribution is -0.146. The van der Waals surface area contributed by atoms with Crippen molar-refractivity contribution in [1.82, 2.24) is 5.32 Å². The third kappa shape index (κ3) is 3.73. The molecule has 0 unspecified atom stereocenters. The van der Waals surface area contributed by atoms with E-state index in [0.717, 1.165) is 44.4 Å². The van der Waals surface area contributed by atoms with Crippen molar-refractivity contribution in [1.29, 1.82) is 0 Å². The Kier molecular flexibility index (Phi) is 5.19. The van der Waals surface area contributed by atoms with E-state index in [1.807, 2.05) is 12.1 Å². The Balaban J connectivity index is 1.34. The van der Waals surface area contributed by atoms with Crippen molar-refractivity contribution >= 4 is 5.97 Å². The summed E-state index contributed by atoms with van der Waals surface area (Å²) < 4.78 is 11.3. The Bertz CT molecular complexity index is 682. The van der Waals surface area contributed by atoms with Gasteiger partial charge >= 0.3 is 5.97 Å². The summed E-state index contributed by atoms with van der Waals surface area (Å²) in [5.74, 6) is 1.91. The summed E-state index contributed by atoms with van der Waals surface area (Å²) in [6.45, 7) is 9.66. The lowest BCUT2D eigenvalue weighted by Crippen LogP contribution is -2.45. The minimum absolute atomic E-state index is 0.00333. The fourth-order valence-electron chi connectivity index (χ4n) is 5.73. The lowest BCUT2D eigenvalue weighted by atomic mass is 9.55. The van der Waals surface area contributed by atoms with E-state index in [9.17, 15) is 4.79 Å². The molecule has 4 rings (SSSR count). The molecule has 2 aliphatic carbocycles. The van der Waals surface area contributed by atoms with Gasteiger partial charge in [0.1, 0.15) is 11.9 Å². The first-order valence-electron chi connectivity index (χ1n) is 10.6. The summed E-state index contributed by atoms with van der Waals surface area (Å²) in [5.41, 5.74) is 1.68. The van der Waals surface area contributed by atoms with Crippen LogP contribution in [0.25, 0.3) is 0 Å². The van der Waals surface area contributed by atoms with Crippen LogP contribution in [-0.4, -0.2) is 24.7 Å². The monoisotopic (exact) mass is 371 g/mol. The molecule has 1 N–H and O–H groups in total. The van der Waals surface area contributed by atoms with E-state index < -0.39 is 0 Å². The van der Waals surface area contributed by atoms with Crippen LogP contribution in [0.2, 0.25) is 0 Å². The van der Waals surface area contributed by atoms with Gasteiger partial charge in [0.25, 0.3) is 0 Å². The zero-order valence-corrected chi connectivity index (χ0v) is 16.7. The highest BCUT2D eigenvalue weighted by atomic mass is 16.6. The molecular weight excluding hydrogens is 338 g/mol. The first-order chi connectivity index (χ1) is 13.0. The molecule has 2 saturated carbocycles. The fraction of sp³-hybridized carbons (Fsp3) is 0.696. The average molecular weight is 372 g/mol. The zero-order valence-electron chi connectivity index (χ0n) is 16.7. The Labute approximate surface area is 162 Å². The number of rotatable bonds is 6. The molecule has 1 aromatic heterocycles. The highest BCUT2D eigenvalue weighted by molar-refractivity contribution is 5.75.